The second-order valence-corrected chi connectivity index (χ2v) is 19.8. The van der Waals surface area contributed by atoms with Crippen molar-refractivity contribution in [3.05, 3.63) is 218 Å². The first kappa shape index (κ1) is 34.1. The summed E-state index contributed by atoms with van der Waals surface area (Å²) in [5, 5.41) is 6.78. The number of aromatic nitrogens is 3. The van der Waals surface area contributed by atoms with Crippen LogP contribution in [-0.4, -0.2) is 15.0 Å². The SMILES string of the molecule is C=Cc1ccc(-c2nc(O[PH](c3ccccc3)(c3ccccc3)c3ccccc3)nc([PH](c3ccccc3)(c3ccccc3)c3ccccc3)n2)cc1. The predicted molar refractivity (Wildman–Crippen MR) is 229 cm³/mol. The summed E-state index contributed by atoms with van der Waals surface area (Å²) in [5.74, 6) is 0.553. The molecular formula is C47H39N3OP2. The molecule has 7 aromatic carbocycles. The van der Waals surface area contributed by atoms with E-state index in [0.29, 0.717) is 17.4 Å². The third-order valence-electron chi connectivity index (χ3n) is 9.76. The molecule has 1 aromatic heterocycles. The van der Waals surface area contributed by atoms with Crippen molar-refractivity contribution in [2.24, 2.45) is 0 Å². The summed E-state index contributed by atoms with van der Waals surface area (Å²) >= 11 is 0. The Morgan fingerprint density at radius 2 is 0.755 bits per heavy atom. The molecule has 0 aliphatic heterocycles. The molecule has 8 aromatic rings. The summed E-state index contributed by atoms with van der Waals surface area (Å²) in [6.45, 7) is 3.97. The number of hydrogen-bond acceptors (Lipinski definition) is 4. The molecule has 0 saturated carbocycles. The van der Waals surface area contributed by atoms with Crippen molar-refractivity contribution in [2.75, 3.05) is 0 Å². The van der Waals surface area contributed by atoms with E-state index in [4.69, 9.17) is 19.5 Å². The molecular weight excluding hydrogens is 684 g/mol. The molecule has 0 saturated heterocycles. The van der Waals surface area contributed by atoms with Crippen molar-refractivity contribution in [2.45, 2.75) is 0 Å². The Bertz CT molecular complexity index is 2220. The van der Waals surface area contributed by atoms with Crippen molar-refractivity contribution in [3.8, 4) is 17.4 Å². The van der Waals surface area contributed by atoms with E-state index in [0.717, 1.165) is 27.0 Å². The van der Waals surface area contributed by atoms with Gasteiger partial charge in [0.05, 0.1) is 0 Å². The molecule has 0 amide bonds. The maximum absolute atomic E-state index is 7.59. The van der Waals surface area contributed by atoms with E-state index in [1.54, 1.807) is 0 Å². The van der Waals surface area contributed by atoms with Gasteiger partial charge in [0.25, 0.3) is 0 Å². The zero-order valence-corrected chi connectivity index (χ0v) is 31.2. The molecule has 8 rings (SSSR count). The Morgan fingerprint density at radius 1 is 0.396 bits per heavy atom. The van der Waals surface area contributed by atoms with Gasteiger partial charge in [0.15, 0.2) is 0 Å². The Labute approximate surface area is 312 Å². The summed E-state index contributed by atoms with van der Waals surface area (Å²) in [4.78, 5) is 16.2. The third-order valence-corrected chi connectivity index (χ3v) is 18.2. The maximum atomic E-state index is 7.59. The fraction of sp³-hybridized carbons (Fsp3) is 0. The molecule has 0 spiro atoms. The molecule has 0 unspecified atom stereocenters. The van der Waals surface area contributed by atoms with Gasteiger partial charge < -0.3 is 0 Å². The second kappa shape index (κ2) is 15.3. The van der Waals surface area contributed by atoms with Crippen LogP contribution in [0, 0.1) is 0 Å². The van der Waals surface area contributed by atoms with Gasteiger partial charge in [-0.3, -0.25) is 0 Å². The normalized spacial score (nSPS) is 12.1. The van der Waals surface area contributed by atoms with Gasteiger partial charge in [-0.15, -0.1) is 0 Å². The number of hydrogen-bond donors (Lipinski definition) is 0. The van der Waals surface area contributed by atoms with Crippen LogP contribution < -0.4 is 41.9 Å². The second-order valence-electron chi connectivity index (χ2n) is 12.8. The van der Waals surface area contributed by atoms with Gasteiger partial charge >= 0.3 is 313 Å². The van der Waals surface area contributed by atoms with E-state index in [9.17, 15) is 0 Å². The zero-order valence-electron chi connectivity index (χ0n) is 29.2. The molecule has 4 nitrogen and oxygen atoms in total. The Kier molecular flexibility index (Phi) is 9.82. The van der Waals surface area contributed by atoms with Gasteiger partial charge in [0, 0.05) is 0 Å². The Balaban J connectivity index is 1.47. The summed E-state index contributed by atoms with van der Waals surface area (Å²) in [7, 11) is -6.44. The van der Waals surface area contributed by atoms with Crippen LogP contribution in [0.5, 0.6) is 6.01 Å². The number of nitrogens with zero attached hydrogens (tertiary/aromatic N) is 3. The Morgan fingerprint density at radius 3 is 1.11 bits per heavy atom. The van der Waals surface area contributed by atoms with E-state index in [2.05, 4.69) is 170 Å². The molecule has 0 aliphatic rings. The van der Waals surface area contributed by atoms with Crippen molar-refractivity contribution in [3.63, 3.8) is 0 Å². The molecule has 0 N–H and O–H groups in total. The monoisotopic (exact) mass is 723 g/mol. The van der Waals surface area contributed by atoms with Crippen LogP contribution in [0.15, 0.2) is 213 Å². The van der Waals surface area contributed by atoms with Crippen molar-refractivity contribution < 1.29 is 4.52 Å². The topological polar surface area (TPSA) is 47.9 Å². The van der Waals surface area contributed by atoms with E-state index in [1.165, 1.54) is 15.9 Å². The average molecular weight is 724 g/mol. The zero-order chi connectivity index (χ0) is 35.9. The molecule has 0 atom stereocenters. The van der Waals surface area contributed by atoms with Crippen LogP contribution in [0.1, 0.15) is 5.56 Å². The number of benzene rings is 7. The fourth-order valence-electron chi connectivity index (χ4n) is 7.25. The molecule has 0 aliphatic carbocycles. The van der Waals surface area contributed by atoms with Crippen LogP contribution in [-0.2, 0) is 0 Å². The minimum absolute atomic E-state index is 0.292. The Hall–Kier alpha value is -6.05. The number of rotatable bonds is 11. The van der Waals surface area contributed by atoms with Crippen LogP contribution in [0.25, 0.3) is 17.5 Å². The van der Waals surface area contributed by atoms with Crippen LogP contribution in [0.3, 0.4) is 0 Å². The predicted octanol–water partition coefficient (Wildman–Crippen LogP) is 7.55. The molecule has 0 bridgehead atoms. The first-order valence-corrected chi connectivity index (χ1v) is 21.6. The van der Waals surface area contributed by atoms with Crippen LogP contribution in [0.2, 0.25) is 0 Å². The first-order valence-electron chi connectivity index (χ1n) is 17.7. The quantitative estimate of drug-likeness (QED) is 0.129. The van der Waals surface area contributed by atoms with Gasteiger partial charge in [-0.25, -0.2) is 0 Å². The van der Waals surface area contributed by atoms with Gasteiger partial charge in [0.1, 0.15) is 0 Å². The van der Waals surface area contributed by atoms with Gasteiger partial charge in [-0.2, -0.15) is 0 Å². The van der Waals surface area contributed by atoms with Crippen molar-refractivity contribution in [1.29, 1.82) is 0 Å². The standard InChI is InChI=1S/C47H39N3OP2/c1-2-37-33-35-38(36-34-37)45-48-46(51-53(42-27-15-6-16-28-42,43-29-17-7-18-30-43)44-31-19-8-20-32-44)50-47(49-45)52(39-21-9-3-10-22-39,40-23-11-4-12-24-40)41-25-13-5-14-26-41/h2-36,52-53H,1H2. The van der Waals surface area contributed by atoms with Crippen molar-refractivity contribution in [1.82, 2.24) is 15.0 Å². The van der Waals surface area contributed by atoms with E-state index < -0.39 is 14.8 Å². The molecule has 1 heterocycles. The van der Waals surface area contributed by atoms with Crippen LogP contribution >= 0.6 is 14.8 Å². The average Bonchev–Trinajstić information content (AvgIpc) is 3.25. The van der Waals surface area contributed by atoms with Crippen LogP contribution in [0.4, 0.5) is 0 Å². The summed E-state index contributed by atoms with van der Waals surface area (Å²) in [6.07, 6.45) is 1.84. The molecule has 0 radical (unpaired) electrons. The van der Waals surface area contributed by atoms with Gasteiger partial charge in [0.2, 0.25) is 0 Å². The first-order chi connectivity index (χ1) is 26.2. The third kappa shape index (κ3) is 6.49. The van der Waals surface area contributed by atoms with E-state index in [1.807, 2.05) is 48.5 Å². The fourth-order valence-corrected chi connectivity index (χ4v) is 15.3. The summed E-state index contributed by atoms with van der Waals surface area (Å²) < 4.78 is 7.59. The molecule has 0 fully saturated rings. The van der Waals surface area contributed by atoms with Gasteiger partial charge in [-0.05, 0) is 0 Å². The van der Waals surface area contributed by atoms with Crippen molar-refractivity contribution >= 4 is 58.2 Å². The minimum atomic E-state index is -3.27. The van der Waals surface area contributed by atoms with E-state index in [-0.39, 0.29) is 0 Å². The van der Waals surface area contributed by atoms with Gasteiger partial charge in [-0.1, -0.05) is 0 Å². The molecule has 53 heavy (non-hydrogen) atoms. The summed E-state index contributed by atoms with van der Waals surface area (Å²) in [5.41, 5.74) is 2.59. The molecule has 258 valence electrons. The van der Waals surface area contributed by atoms with E-state index >= 15 is 0 Å². The summed E-state index contributed by atoms with van der Waals surface area (Å²) in [6, 6.07) is 72.2. The molecule has 6 heteroatoms.